The number of ether oxygens (including phenoxy) is 2. The minimum Gasteiger partial charge on any atom is -0.496 e. The molecular weight excluding hydrogens is 280 g/mol. The van der Waals surface area contributed by atoms with Crippen LogP contribution in [0.5, 0.6) is 5.75 Å². The van der Waals surface area contributed by atoms with Crippen molar-refractivity contribution in [3.05, 3.63) is 29.3 Å². The summed E-state index contributed by atoms with van der Waals surface area (Å²) in [5, 5.41) is 3.02. The Hall–Kier alpha value is -1.59. The minimum atomic E-state index is -0.0856. The molecule has 1 fully saturated rings. The summed E-state index contributed by atoms with van der Waals surface area (Å²) in [4.78, 5) is 14.3. The average molecular weight is 306 g/mol. The molecule has 0 radical (unpaired) electrons. The Morgan fingerprint density at radius 3 is 2.82 bits per heavy atom. The third kappa shape index (κ3) is 3.99. The first-order valence-electron chi connectivity index (χ1n) is 7.69. The number of aryl methyl sites for hydroxylation is 1. The fourth-order valence-corrected chi connectivity index (χ4v) is 2.90. The minimum absolute atomic E-state index is 0.0844. The number of methoxy groups -OCH3 is 2. The summed E-state index contributed by atoms with van der Waals surface area (Å²) in [6, 6.07) is 6.07. The predicted molar refractivity (Wildman–Crippen MR) is 86.3 cm³/mol. The molecule has 0 spiro atoms. The first-order chi connectivity index (χ1) is 10.5. The molecule has 5 nitrogen and oxygen atoms in total. The van der Waals surface area contributed by atoms with E-state index < -0.39 is 0 Å². The summed E-state index contributed by atoms with van der Waals surface area (Å²) in [5.74, 6) is 0.975. The van der Waals surface area contributed by atoms with Gasteiger partial charge >= 0.3 is 0 Å². The second-order valence-corrected chi connectivity index (χ2v) is 5.89. The van der Waals surface area contributed by atoms with Crippen molar-refractivity contribution >= 4 is 5.91 Å². The molecule has 5 heteroatoms. The molecule has 1 aliphatic heterocycles. The van der Waals surface area contributed by atoms with Crippen LogP contribution in [0.4, 0.5) is 0 Å². The van der Waals surface area contributed by atoms with E-state index in [0.717, 1.165) is 36.3 Å². The lowest BCUT2D eigenvalue weighted by Gasteiger charge is -2.18. The van der Waals surface area contributed by atoms with Gasteiger partial charge in [0.05, 0.1) is 19.3 Å². The maximum atomic E-state index is 12.3. The highest BCUT2D eigenvalue weighted by Crippen LogP contribution is 2.20. The van der Waals surface area contributed by atoms with E-state index in [0.29, 0.717) is 6.54 Å². The zero-order valence-electron chi connectivity index (χ0n) is 13.9. The summed E-state index contributed by atoms with van der Waals surface area (Å²) in [6.45, 7) is 3.46. The average Bonchev–Trinajstić information content (AvgIpc) is 2.90. The van der Waals surface area contributed by atoms with Crippen molar-refractivity contribution in [2.75, 3.05) is 34.4 Å². The molecule has 1 aliphatic rings. The Balaban J connectivity index is 1.82. The largest absolute Gasteiger partial charge is 0.496 e. The molecule has 1 amide bonds. The molecule has 0 aromatic heterocycles. The number of hydrogen-bond acceptors (Lipinski definition) is 4. The van der Waals surface area contributed by atoms with Gasteiger partial charge in [-0.05, 0) is 44.0 Å². The first-order valence-corrected chi connectivity index (χ1v) is 7.69. The van der Waals surface area contributed by atoms with E-state index in [1.807, 2.05) is 26.1 Å². The molecule has 2 atom stereocenters. The quantitative estimate of drug-likeness (QED) is 0.863. The van der Waals surface area contributed by atoms with E-state index in [1.54, 1.807) is 14.2 Å². The molecule has 1 aromatic carbocycles. The predicted octanol–water partition coefficient (Wildman–Crippen LogP) is 1.38. The Labute approximate surface area is 132 Å². The highest BCUT2D eigenvalue weighted by Gasteiger charge is 2.34. The van der Waals surface area contributed by atoms with Gasteiger partial charge in [-0.25, -0.2) is 0 Å². The summed E-state index contributed by atoms with van der Waals surface area (Å²) in [5.41, 5.74) is 2.28. The summed E-state index contributed by atoms with van der Waals surface area (Å²) in [7, 11) is 5.34. The number of likely N-dealkylation sites (tertiary alicyclic amines) is 1. The van der Waals surface area contributed by atoms with Gasteiger partial charge in [0.15, 0.2) is 0 Å². The topological polar surface area (TPSA) is 50.8 Å². The van der Waals surface area contributed by atoms with Crippen molar-refractivity contribution < 1.29 is 14.3 Å². The Morgan fingerprint density at radius 2 is 2.18 bits per heavy atom. The van der Waals surface area contributed by atoms with E-state index in [4.69, 9.17) is 9.47 Å². The van der Waals surface area contributed by atoms with Gasteiger partial charge in [0.2, 0.25) is 5.91 Å². The van der Waals surface area contributed by atoms with Crippen molar-refractivity contribution in [3.63, 3.8) is 0 Å². The van der Waals surface area contributed by atoms with Crippen molar-refractivity contribution in [2.24, 2.45) is 0 Å². The molecule has 122 valence electrons. The van der Waals surface area contributed by atoms with Gasteiger partial charge in [-0.2, -0.15) is 0 Å². The molecule has 22 heavy (non-hydrogen) atoms. The van der Waals surface area contributed by atoms with Crippen LogP contribution in [0.25, 0.3) is 0 Å². The van der Waals surface area contributed by atoms with Crippen molar-refractivity contribution in [1.82, 2.24) is 10.2 Å². The van der Waals surface area contributed by atoms with E-state index >= 15 is 0 Å². The summed E-state index contributed by atoms with van der Waals surface area (Å²) >= 11 is 0. The molecular formula is C17H26N2O3. The summed E-state index contributed by atoms with van der Waals surface area (Å²) < 4.78 is 10.7. The van der Waals surface area contributed by atoms with Crippen molar-refractivity contribution in [2.45, 2.75) is 31.9 Å². The van der Waals surface area contributed by atoms with Crippen LogP contribution < -0.4 is 10.1 Å². The number of benzene rings is 1. The Kier molecular flexibility index (Phi) is 5.80. The number of nitrogens with zero attached hydrogens (tertiary/aromatic N) is 1. The van der Waals surface area contributed by atoms with E-state index in [1.165, 1.54) is 0 Å². The summed E-state index contributed by atoms with van der Waals surface area (Å²) in [6.07, 6.45) is 1.71. The molecule has 1 aromatic rings. The second-order valence-electron chi connectivity index (χ2n) is 5.89. The highest BCUT2D eigenvalue weighted by molar-refractivity contribution is 5.82. The maximum absolute atomic E-state index is 12.3. The van der Waals surface area contributed by atoms with Crippen LogP contribution in [-0.4, -0.2) is 57.3 Å². The van der Waals surface area contributed by atoms with Crippen molar-refractivity contribution in [3.8, 4) is 5.75 Å². The van der Waals surface area contributed by atoms with Gasteiger partial charge in [-0.3, -0.25) is 9.69 Å². The normalized spacial score (nSPS) is 21.8. The SMILES string of the molecule is COc1cc(CCNC(=O)[C@@H]2C[C@H](OC)CN2C)ccc1C. The van der Waals surface area contributed by atoms with Crippen molar-refractivity contribution in [1.29, 1.82) is 0 Å². The number of carbonyl (C=O) groups excluding carboxylic acids is 1. The van der Waals surface area contributed by atoms with Gasteiger partial charge in [0.25, 0.3) is 0 Å². The van der Waals surface area contributed by atoms with Crippen LogP contribution in [0.1, 0.15) is 17.5 Å². The number of hydrogen-bond donors (Lipinski definition) is 1. The molecule has 2 rings (SSSR count). The van der Waals surface area contributed by atoms with Gasteiger partial charge < -0.3 is 14.8 Å². The first kappa shape index (κ1) is 16.8. The molecule has 0 bridgehead atoms. The Bertz CT molecular complexity index is 519. The lowest BCUT2D eigenvalue weighted by Crippen LogP contribution is -2.42. The zero-order valence-corrected chi connectivity index (χ0v) is 13.9. The zero-order chi connectivity index (χ0) is 16.1. The Morgan fingerprint density at radius 1 is 1.41 bits per heavy atom. The number of nitrogens with one attached hydrogen (secondary N) is 1. The lowest BCUT2D eigenvalue weighted by molar-refractivity contribution is -0.125. The fraction of sp³-hybridized carbons (Fsp3) is 0.588. The monoisotopic (exact) mass is 306 g/mol. The maximum Gasteiger partial charge on any atom is 0.237 e. The standard InChI is InChI=1S/C17H26N2O3/c1-12-5-6-13(9-16(12)22-4)7-8-18-17(20)15-10-14(21-3)11-19(15)2/h5-6,9,14-15H,7-8,10-11H2,1-4H3,(H,18,20)/t14-,15-/m0/s1. The third-order valence-corrected chi connectivity index (χ3v) is 4.33. The van der Waals surface area contributed by atoms with Gasteiger partial charge in [-0.1, -0.05) is 12.1 Å². The fourth-order valence-electron chi connectivity index (χ4n) is 2.90. The van der Waals surface area contributed by atoms with Crippen LogP contribution in [0.3, 0.4) is 0 Å². The highest BCUT2D eigenvalue weighted by atomic mass is 16.5. The lowest BCUT2D eigenvalue weighted by atomic mass is 10.1. The van der Waals surface area contributed by atoms with E-state index in [2.05, 4.69) is 16.3 Å². The number of amides is 1. The van der Waals surface area contributed by atoms with Gasteiger partial charge in [0.1, 0.15) is 5.75 Å². The molecule has 1 heterocycles. The number of likely N-dealkylation sites (N-methyl/N-ethyl adjacent to an activating group) is 1. The van der Waals surface area contributed by atoms with Crippen LogP contribution in [0.15, 0.2) is 18.2 Å². The van der Waals surface area contributed by atoms with E-state index in [9.17, 15) is 4.79 Å². The smallest absolute Gasteiger partial charge is 0.237 e. The van der Waals surface area contributed by atoms with Gasteiger partial charge in [-0.15, -0.1) is 0 Å². The van der Waals surface area contributed by atoms with Crippen LogP contribution in [0, 0.1) is 6.92 Å². The van der Waals surface area contributed by atoms with E-state index in [-0.39, 0.29) is 18.1 Å². The molecule has 1 N–H and O–H groups in total. The van der Waals surface area contributed by atoms with Crippen LogP contribution in [0.2, 0.25) is 0 Å². The molecule has 0 saturated carbocycles. The molecule has 1 saturated heterocycles. The molecule has 0 unspecified atom stereocenters. The number of rotatable bonds is 6. The number of carbonyl (C=O) groups is 1. The second kappa shape index (κ2) is 7.61. The van der Waals surface area contributed by atoms with Crippen LogP contribution >= 0.6 is 0 Å². The van der Waals surface area contributed by atoms with Crippen LogP contribution in [-0.2, 0) is 16.0 Å². The molecule has 0 aliphatic carbocycles. The van der Waals surface area contributed by atoms with Gasteiger partial charge in [0, 0.05) is 20.2 Å². The third-order valence-electron chi connectivity index (χ3n) is 4.33.